The molecule has 0 amide bonds. The van der Waals surface area contributed by atoms with Crippen molar-refractivity contribution in [3.63, 3.8) is 0 Å². The van der Waals surface area contributed by atoms with Gasteiger partial charge >= 0.3 is 5.63 Å². The Morgan fingerprint density at radius 1 is 0.872 bits per heavy atom. The van der Waals surface area contributed by atoms with Crippen molar-refractivity contribution in [1.29, 1.82) is 0 Å². The number of morpholine rings is 1. The second kappa shape index (κ2) is 13.1. The summed E-state index contributed by atoms with van der Waals surface area (Å²) < 4.78 is 45.1. The van der Waals surface area contributed by atoms with Crippen molar-refractivity contribution < 1.29 is 37.6 Å². The van der Waals surface area contributed by atoms with Crippen LogP contribution in [0.25, 0.3) is 11.0 Å². The first-order valence-corrected chi connectivity index (χ1v) is 12.8. The van der Waals surface area contributed by atoms with E-state index in [0.29, 0.717) is 66.1 Å². The van der Waals surface area contributed by atoms with Gasteiger partial charge in [-0.3, -0.25) is 4.90 Å². The fraction of sp³-hybridized carbons (Fsp3) is 0.483. The molecule has 39 heavy (non-hydrogen) atoms. The molecule has 1 fully saturated rings. The predicted molar refractivity (Wildman–Crippen MR) is 146 cm³/mol. The van der Waals surface area contributed by atoms with Crippen molar-refractivity contribution in [3.05, 3.63) is 51.4 Å². The van der Waals surface area contributed by atoms with Crippen molar-refractivity contribution in [3.8, 4) is 28.7 Å². The minimum atomic E-state index is -0.421. The summed E-state index contributed by atoms with van der Waals surface area (Å²) in [5.41, 5.74) is 2.19. The maximum Gasteiger partial charge on any atom is 0.339 e. The molecule has 3 aromatic rings. The van der Waals surface area contributed by atoms with Gasteiger partial charge in [-0.2, -0.15) is 0 Å². The lowest BCUT2D eigenvalue weighted by atomic mass is 10.00. The van der Waals surface area contributed by atoms with Crippen LogP contribution in [0.4, 0.5) is 0 Å². The van der Waals surface area contributed by atoms with Crippen LogP contribution in [0.3, 0.4) is 0 Å². The van der Waals surface area contributed by atoms with Gasteiger partial charge in [0.1, 0.15) is 0 Å². The molecule has 1 aliphatic rings. The number of methoxy groups -OCH3 is 5. The van der Waals surface area contributed by atoms with Crippen molar-refractivity contribution in [2.45, 2.75) is 26.1 Å². The number of hydrogen-bond donors (Lipinski definition) is 0. The molecule has 10 nitrogen and oxygen atoms in total. The molecule has 2 aromatic carbocycles. The van der Waals surface area contributed by atoms with Gasteiger partial charge < -0.3 is 37.6 Å². The number of fused-ring (bicyclic) bond motifs is 1. The van der Waals surface area contributed by atoms with E-state index in [9.17, 15) is 4.79 Å². The zero-order valence-corrected chi connectivity index (χ0v) is 23.5. The quantitative estimate of drug-likeness (QED) is 0.315. The Bertz CT molecular complexity index is 1310. The van der Waals surface area contributed by atoms with Crippen molar-refractivity contribution in [2.75, 3.05) is 68.4 Å². The zero-order chi connectivity index (χ0) is 27.9. The lowest BCUT2D eigenvalue weighted by molar-refractivity contribution is -0.0179. The highest BCUT2D eigenvalue weighted by molar-refractivity contribution is 5.88. The van der Waals surface area contributed by atoms with Crippen molar-refractivity contribution in [2.24, 2.45) is 0 Å². The molecule has 0 N–H and O–H groups in total. The van der Waals surface area contributed by atoms with Crippen LogP contribution in [0.1, 0.15) is 16.7 Å². The van der Waals surface area contributed by atoms with Gasteiger partial charge in [0.15, 0.2) is 22.8 Å². The first-order chi connectivity index (χ1) is 18.9. The van der Waals surface area contributed by atoms with Gasteiger partial charge in [-0.05, 0) is 42.3 Å². The van der Waals surface area contributed by atoms with Crippen molar-refractivity contribution >= 4 is 11.0 Å². The molecule has 0 radical (unpaired) electrons. The molecule has 1 aliphatic heterocycles. The number of hydrogen-bond acceptors (Lipinski definition) is 10. The number of rotatable bonds is 12. The van der Waals surface area contributed by atoms with Crippen LogP contribution in [-0.2, 0) is 22.5 Å². The first-order valence-electron chi connectivity index (χ1n) is 12.8. The maximum absolute atomic E-state index is 13.3. The van der Waals surface area contributed by atoms with E-state index in [4.69, 9.17) is 37.6 Å². The van der Waals surface area contributed by atoms with Gasteiger partial charge in [-0.15, -0.1) is 0 Å². The van der Waals surface area contributed by atoms with Crippen LogP contribution in [0.2, 0.25) is 0 Å². The summed E-state index contributed by atoms with van der Waals surface area (Å²) in [6, 6.07) is 7.42. The monoisotopic (exact) mass is 543 g/mol. The van der Waals surface area contributed by atoms with E-state index in [1.807, 2.05) is 31.2 Å². The summed E-state index contributed by atoms with van der Waals surface area (Å²) in [5, 5.41) is 0.789. The highest BCUT2D eigenvalue weighted by Gasteiger charge is 2.24. The standard InChI is InChI=1S/C29H37NO9/c1-18-21-7-8-23(32-2)28(36-6)26(21)39-29(31)22(18)15-20(16-30-9-11-37-12-10-30)38-17-19-13-24(33-3)27(35-5)25(14-19)34-4/h7-8,13-14,20H,9-12,15-17H2,1-6H3. The minimum absolute atomic E-state index is 0.286. The summed E-state index contributed by atoms with van der Waals surface area (Å²) >= 11 is 0. The van der Waals surface area contributed by atoms with Gasteiger partial charge in [-0.25, -0.2) is 4.79 Å². The third kappa shape index (κ3) is 6.24. The number of aryl methyl sites for hydroxylation is 1. The SMILES string of the molecule is COc1cc(COC(Cc2c(C)c3ccc(OC)c(OC)c3oc2=O)CN2CCOCC2)cc(OC)c1OC. The Labute approximate surface area is 228 Å². The topological polar surface area (TPSA) is 98.1 Å². The van der Waals surface area contributed by atoms with E-state index >= 15 is 0 Å². The molecule has 1 unspecified atom stereocenters. The van der Waals surface area contributed by atoms with E-state index < -0.39 is 5.63 Å². The van der Waals surface area contributed by atoms with Crippen LogP contribution < -0.4 is 29.3 Å². The molecule has 0 saturated carbocycles. The van der Waals surface area contributed by atoms with E-state index in [0.717, 1.165) is 29.6 Å². The Balaban J connectivity index is 1.65. The summed E-state index contributed by atoms with van der Waals surface area (Å²) in [6.07, 6.45) is 0.0848. The van der Waals surface area contributed by atoms with Gasteiger partial charge in [0, 0.05) is 37.0 Å². The van der Waals surface area contributed by atoms with Crippen LogP contribution in [0.15, 0.2) is 33.5 Å². The molecule has 4 rings (SSSR count). The van der Waals surface area contributed by atoms with E-state index in [-0.39, 0.29) is 12.7 Å². The van der Waals surface area contributed by atoms with Gasteiger partial charge in [0.2, 0.25) is 11.5 Å². The van der Waals surface area contributed by atoms with Gasteiger partial charge in [0.05, 0.1) is 61.5 Å². The third-order valence-electron chi connectivity index (χ3n) is 7.01. The highest BCUT2D eigenvalue weighted by Crippen LogP contribution is 2.39. The fourth-order valence-electron chi connectivity index (χ4n) is 4.91. The zero-order valence-electron chi connectivity index (χ0n) is 23.5. The molecule has 0 bridgehead atoms. The summed E-state index contributed by atoms with van der Waals surface area (Å²) in [6.45, 7) is 5.77. The Morgan fingerprint density at radius 2 is 1.51 bits per heavy atom. The molecule has 1 aromatic heterocycles. The Kier molecular flexibility index (Phi) is 9.55. The minimum Gasteiger partial charge on any atom is -0.493 e. The van der Waals surface area contributed by atoms with Crippen LogP contribution >= 0.6 is 0 Å². The summed E-state index contributed by atoms with van der Waals surface area (Å²) in [4.78, 5) is 15.5. The normalized spacial score (nSPS) is 14.7. The number of ether oxygens (including phenoxy) is 7. The lowest BCUT2D eigenvalue weighted by Crippen LogP contribution is -2.42. The molecule has 10 heteroatoms. The highest BCUT2D eigenvalue weighted by atomic mass is 16.5. The lowest BCUT2D eigenvalue weighted by Gasteiger charge is -2.30. The second-order valence-corrected chi connectivity index (χ2v) is 9.25. The van der Waals surface area contributed by atoms with Crippen LogP contribution in [-0.4, -0.2) is 79.4 Å². The molecule has 2 heterocycles. The van der Waals surface area contributed by atoms with Gasteiger partial charge in [-0.1, -0.05) is 0 Å². The molecule has 1 saturated heterocycles. The predicted octanol–water partition coefficient (Wildman–Crippen LogP) is 3.60. The average Bonchev–Trinajstić information content (AvgIpc) is 2.96. The Hall–Kier alpha value is -3.47. The third-order valence-corrected chi connectivity index (χ3v) is 7.01. The maximum atomic E-state index is 13.3. The molecule has 212 valence electrons. The first kappa shape index (κ1) is 28.5. The number of benzene rings is 2. The van der Waals surface area contributed by atoms with Crippen LogP contribution in [0.5, 0.6) is 28.7 Å². The van der Waals surface area contributed by atoms with Crippen LogP contribution in [0, 0.1) is 6.92 Å². The molecule has 1 atom stereocenters. The smallest absolute Gasteiger partial charge is 0.339 e. The fourth-order valence-corrected chi connectivity index (χ4v) is 4.91. The van der Waals surface area contributed by atoms with Gasteiger partial charge in [0.25, 0.3) is 0 Å². The molecule has 0 aliphatic carbocycles. The summed E-state index contributed by atoms with van der Waals surface area (Å²) in [7, 11) is 7.80. The largest absolute Gasteiger partial charge is 0.493 e. The molecule has 0 spiro atoms. The Morgan fingerprint density at radius 3 is 2.10 bits per heavy atom. The van der Waals surface area contributed by atoms with E-state index in [1.54, 1.807) is 28.4 Å². The van der Waals surface area contributed by atoms with E-state index in [1.165, 1.54) is 7.11 Å². The van der Waals surface area contributed by atoms with E-state index in [2.05, 4.69) is 4.90 Å². The number of nitrogens with zero attached hydrogens (tertiary/aromatic N) is 1. The molecular weight excluding hydrogens is 506 g/mol. The summed E-state index contributed by atoms with van der Waals surface area (Å²) in [5.74, 6) is 2.51. The average molecular weight is 544 g/mol. The van der Waals surface area contributed by atoms with Crippen molar-refractivity contribution in [1.82, 2.24) is 4.90 Å². The molecular formula is C29H37NO9. The second-order valence-electron chi connectivity index (χ2n) is 9.25.